The number of nitrogens with two attached hydrogens (primary N) is 1. The zero-order valence-electron chi connectivity index (χ0n) is 32.4. The summed E-state index contributed by atoms with van der Waals surface area (Å²) in [5.41, 5.74) is 6.72. The van der Waals surface area contributed by atoms with E-state index in [-0.39, 0.29) is 29.3 Å². The number of likely N-dealkylation sites (N-methyl/N-ethyl adjacent to an activating group) is 1. The van der Waals surface area contributed by atoms with Crippen LogP contribution in [0.15, 0.2) is 0 Å². The molecule has 3 saturated heterocycles. The fourth-order valence-electron chi connectivity index (χ4n) is 9.45. The average Bonchev–Trinajstić information content (AvgIpc) is 3.32. The zero-order valence-corrected chi connectivity index (χ0v) is 32.4. The molecule has 0 aromatic rings. The molecule has 1 aliphatic carbocycles. The largest absolute Gasteiger partial charge is 0.350 e. The predicted octanol–water partition coefficient (Wildman–Crippen LogP) is 3.50. The fraction of sp³-hybridized carbons (Fsp3) is 0.947. The first-order chi connectivity index (χ1) is 23.7. The number of amides is 2. The lowest BCUT2D eigenvalue weighted by Gasteiger charge is -2.50. The standard InChI is InChI=1S/C38H72F2N8O2/c1-8-14-30-28(39)22-32(38(4,5)17-9-2)44-36(41)34(26(3)42-30)37(50)43-31-24-48(27-15-12-10-11-13-16-27)23-29(40)35(31)47-20-18-46(19-21-47)33(49)25-45(6)7/h26-32,34-36,42,44H,8-25,41H2,1-7H3,(H,43,50). The number of piperazine rings is 1. The Bertz CT molecular complexity index is 1050. The molecule has 0 aromatic carbocycles. The Morgan fingerprint density at radius 3 is 2.18 bits per heavy atom. The second kappa shape index (κ2) is 19.1. The molecule has 0 bridgehead atoms. The van der Waals surface area contributed by atoms with Crippen LogP contribution in [0.1, 0.15) is 105 Å². The molecule has 2 amide bonds. The Hall–Kier alpha value is -1.44. The second-order valence-electron chi connectivity index (χ2n) is 17.0. The van der Waals surface area contributed by atoms with Gasteiger partial charge in [0, 0.05) is 63.4 Å². The smallest absolute Gasteiger partial charge is 0.236 e. The van der Waals surface area contributed by atoms with E-state index in [4.69, 9.17) is 5.73 Å². The number of likely N-dealkylation sites (tertiary alicyclic amines) is 1. The number of carbonyl (C=O) groups excluding carboxylic acids is 2. The summed E-state index contributed by atoms with van der Waals surface area (Å²) in [4.78, 5) is 35.6. The summed E-state index contributed by atoms with van der Waals surface area (Å²) in [5, 5.41) is 10.4. The summed E-state index contributed by atoms with van der Waals surface area (Å²) < 4.78 is 32.7. The van der Waals surface area contributed by atoms with Gasteiger partial charge in [-0.15, -0.1) is 0 Å². The Balaban J connectivity index is 1.59. The van der Waals surface area contributed by atoms with Crippen LogP contribution in [-0.4, -0.2) is 146 Å². The van der Waals surface area contributed by atoms with E-state index in [2.05, 4.69) is 53.4 Å². The number of carbonyl (C=O) groups is 2. The quantitative estimate of drug-likeness (QED) is 0.242. The Kier molecular flexibility index (Phi) is 15.7. The molecule has 290 valence electrons. The summed E-state index contributed by atoms with van der Waals surface area (Å²) in [5.74, 6) is -0.818. The molecular formula is C38H72F2N8O2. The molecule has 12 heteroatoms. The highest BCUT2D eigenvalue weighted by Crippen LogP contribution is 2.34. The molecule has 0 aromatic heterocycles. The van der Waals surface area contributed by atoms with E-state index < -0.39 is 42.6 Å². The third-order valence-corrected chi connectivity index (χ3v) is 12.3. The number of hydrogen-bond donors (Lipinski definition) is 4. The van der Waals surface area contributed by atoms with Gasteiger partial charge in [-0.05, 0) is 58.5 Å². The molecule has 3 aliphatic heterocycles. The molecule has 0 radical (unpaired) electrons. The maximum Gasteiger partial charge on any atom is 0.236 e. The van der Waals surface area contributed by atoms with Gasteiger partial charge in [-0.2, -0.15) is 0 Å². The molecular weight excluding hydrogens is 638 g/mol. The molecule has 4 fully saturated rings. The maximum atomic E-state index is 16.7. The van der Waals surface area contributed by atoms with E-state index in [1.807, 2.05) is 30.8 Å². The first kappa shape index (κ1) is 41.3. The average molecular weight is 711 g/mol. The van der Waals surface area contributed by atoms with E-state index in [1.54, 1.807) is 0 Å². The van der Waals surface area contributed by atoms with Crippen LogP contribution in [0.2, 0.25) is 0 Å². The minimum Gasteiger partial charge on any atom is -0.350 e. The molecule has 3 heterocycles. The van der Waals surface area contributed by atoms with Crippen LogP contribution >= 0.6 is 0 Å². The normalized spacial score (nSPS) is 34.9. The van der Waals surface area contributed by atoms with Gasteiger partial charge in [-0.1, -0.05) is 66.2 Å². The van der Waals surface area contributed by atoms with Crippen molar-refractivity contribution < 1.29 is 18.4 Å². The highest BCUT2D eigenvalue weighted by molar-refractivity contribution is 5.80. The minimum atomic E-state index is -1.15. The van der Waals surface area contributed by atoms with Crippen LogP contribution < -0.4 is 21.7 Å². The monoisotopic (exact) mass is 711 g/mol. The summed E-state index contributed by atoms with van der Waals surface area (Å²) in [7, 11) is 3.78. The van der Waals surface area contributed by atoms with Crippen LogP contribution in [0.4, 0.5) is 8.78 Å². The number of halogens is 2. The van der Waals surface area contributed by atoms with Gasteiger partial charge in [0.2, 0.25) is 11.8 Å². The van der Waals surface area contributed by atoms with Crippen molar-refractivity contribution in [2.45, 2.75) is 160 Å². The lowest BCUT2D eigenvalue weighted by atomic mass is 9.77. The van der Waals surface area contributed by atoms with Crippen molar-refractivity contribution in [1.29, 1.82) is 0 Å². The second-order valence-corrected chi connectivity index (χ2v) is 17.0. The molecule has 50 heavy (non-hydrogen) atoms. The first-order valence-electron chi connectivity index (χ1n) is 20.0. The van der Waals surface area contributed by atoms with Gasteiger partial charge in [0.25, 0.3) is 0 Å². The molecule has 1 saturated carbocycles. The Morgan fingerprint density at radius 2 is 1.58 bits per heavy atom. The van der Waals surface area contributed by atoms with Crippen molar-refractivity contribution in [3.8, 4) is 0 Å². The lowest BCUT2D eigenvalue weighted by molar-refractivity contribution is -0.134. The molecule has 9 atom stereocenters. The van der Waals surface area contributed by atoms with Crippen LogP contribution in [0.3, 0.4) is 0 Å². The topological polar surface area (TPSA) is 109 Å². The van der Waals surface area contributed by atoms with Crippen molar-refractivity contribution in [3.05, 3.63) is 0 Å². The van der Waals surface area contributed by atoms with Gasteiger partial charge in [0.1, 0.15) is 12.3 Å². The van der Waals surface area contributed by atoms with Gasteiger partial charge < -0.3 is 26.2 Å². The van der Waals surface area contributed by atoms with Crippen molar-refractivity contribution in [2.75, 3.05) is 59.9 Å². The number of alkyl halides is 2. The van der Waals surface area contributed by atoms with Crippen LogP contribution in [0.5, 0.6) is 0 Å². The number of piperidine rings is 1. The number of rotatable bonds is 11. The highest BCUT2D eigenvalue weighted by atomic mass is 19.1. The van der Waals surface area contributed by atoms with E-state index in [1.165, 1.54) is 12.8 Å². The van der Waals surface area contributed by atoms with Crippen molar-refractivity contribution in [2.24, 2.45) is 17.1 Å². The van der Waals surface area contributed by atoms with Gasteiger partial charge in [0.15, 0.2) is 0 Å². The molecule has 10 nitrogen and oxygen atoms in total. The number of nitrogens with one attached hydrogen (secondary N) is 3. The maximum absolute atomic E-state index is 16.7. The van der Waals surface area contributed by atoms with E-state index >= 15 is 8.78 Å². The predicted molar refractivity (Wildman–Crippen MR) is 198 cm³/mol. The van der Waals surface area contributed by atoms with E-state index in [0.717, 1.165) is 44.9 Å². The molecule has 0 spiro atoms. The zero-order chi connectivity index (χ0) is 36.6. The number of nitrogens with zero attached hydrogens (tertiary/aromatic N) is 4. The third kappa shape index (κ3) is 10.8. The van der Waals surface area contributed by atoms with Crippen molar-refractivity contribution in [1.82, 2.24) is 35.6 Å². The Labute approximate surface area is 302 Å². The SMILES string of the molecule is CCCC1NC(C)C(C(=O)NC2CN(C3CCCCCC3)CC(F)C2N2CCN(C(=O)CN(C)C)CC2)C(N)NC(C(C)(C)CCC)CC1F. The molecule has 5 N–H and O–H groups in total. The fourth-order valence-corrected chi connectivity index (χ4v) is 9.45. The van der Waals surface area contributed by atoms with E-state index in [9.17, 15) is 9.59 Å². The van der Waals surface area contributed by atoms with Crippen LogP contribution in [0, 0.1) is 11.3 Å². The third-order valence-electron chi connectivity index (χ3n) is 12.3. The van der Waals surface area contributed by atoms with Gasteiger partial charge in [-0.25, -0.2) is 8.78 Å². The molecule has 9 unspecified atom stereocenters. The van der Waals surface area contributed by atoms with Gasteiger partial charge >= 0.3 is 0 Å². The summed E-state index contributed by atoms with van der Waals surface area (Å²) in [6.45, 7) is 14.0. The van der Waals surface area contributed by atoms with E-state index in [0.29, 0.717) is 64.7 Å². The Morgan fingerprint density at radius 1 is 0.920 bits per heavy atom. The molecule has 4 rings (SSSR count). The highest BCUT2D eigenvalue weighted by Gasteiger charge is 2.47. The molecule has 4 aliphatic rings. The summed E-state index contributed by atoms with van der Waals surface area (Å²) >= 11 is 0. The first-order valence-corrected chi connectivity index (χ1v) is 20.0. The minimum absolute atomic E-state index is 0.0833. The van der Waals surface area contributed by atoms with Gasteiger partial charge in [0.05, 0.1) is 30.7 Å². The van der Waals surface area contributed by atoms with Crippen molar-refractivity contribution in [3.63, 3.8) is 0 Å². The summed E-state index contributed by atoms with van der Waals surface area (Å²) in [6.07, 6.45) is 7.62. The summed E-state index contributed by atoms with van der Waals surface area (Å²) in [6, 6.07) is -1.62. The van der Waals surface area contributed by atoms with Crippen LogP contribution in [-0.2, 0) is 9.59 Å². The van der Waals surface area contributed by atoms with Gasteiger partial charge in [-0.3, -0.25) is 24.7 Å². The van der Waals surface area contributed by atoms with Crippen molar-refractivity contribution >= 4 is 11.8 Å². The lowest BCUT2D eigenvalue weighted by Crippen LogP contribution is -2.70. The number of hydrogen-bond acceptors (Lipinski definition) is 8. The van der Waals surface area contributed by atoms with Crippen LogP contribution in [0.25, 0.3) is 0 Å².